The fraction of sp³-hybridized carbons (Fsp3) is 0.364. The number of dihydropyridines is 1. The molecule has 7 nitrogen and oxygen atoms in total. The van der Waals surface area contributed by atoms with Crippen molar-refractivity contribution in [2.24, 2.45) is 0 Å². The summed E-state index contributed by atoms with van der Waals surface area (Å²) in [4.78, 5) is 31.1. The van der Waals surface area contributed by atoms with Crippen molar-refractivity contribution in [1.29, 1.82) is 5.26 Å². The molecule has 1 aromatic heterocycles. The van der Waals surface area contributed by atoms with Crippen LogP contribution < -0.4 is 10.1 Å². The van der Waals surface area contributed by atoms with Gasteiger partial charge in [0.15, 0.2) is 5.78 Å². The molecule has 2 atom stereocenters. The first kappa shape index (κ1) is 25.9. The van der Waals surface area contributed by atoms with Gasteiger partial charge < -0.3 is 19.8 Å². The maximum atomic E-state index is 14.1. The minimum Gasteiger partial charge on any atom is -0.496 e. The number of nitrogens with zero attached hydrogens (tertiary/aromatic N) is 1. The van der Waals surface area contributed by atoms with Gasteiger partial charge in [-0.15, -0.1) is 0 Å². The Balaban J connectivity index is 1.47. The number of nitrogens with one attached hydrogen (secondary N) is 2. The first-order chi connectivity index (χ1) is 19.5. The molecule has 1 fully saturated rings. The van der Waals surface area contributed by atoms with Gasteiger partial charge >= 0.3 is 5.97 Å². The summed E-state index contributed by atoms with van der Waals surface area (Å²) in [5.41, 5.74) is 5.66. The standard InChI is InChI=1S/C33H33N3O4/c1-19-29(33(38)40-22-8-4-3-5-9-22)30(24-13-12-20(18-34)32-25(24)14-15-35-32)31-26(36-19)16-21(17-27(31)37)23-10-6-7-11-28(23)39-2/h6-7,10-15,21-22,30,35-36H,3-5,8-9,16-17H2,1-2H3/t21?,30-/m1/s1. The van der Waals surface area contributed by atoms with Crippen molar-refractivity contribution in [2.45, 2.75) is 69.8 Å². The number of hydrogen-bond acceptors (Lipinski definition) is 6. The number of allylic oxidation sites excluding steroid dienone is 3. The molecule has 0 saturated heterocycles. The van der Waals surface area contributed by atoms with Gasteiger partial charge in [0, 0.05) is 46.8 Å². The number of para-hydroxylation sites is 1. The van der Waals surface area contributed by atoms with Crippen molar-refractivity contribution in [3.05, 3.63) is 87.9 Å². The molecule has 40 heavy (non-hydrogen) atoms. The Labute approximate surface area is 233 Å². The Bertz CT molecular complexity index is 1600. The van der Waals surface area contributed by atoms with Crippen LogP contribution in [0.4, 0.5) is 0 Å². The Hall–Kier alpha value is -4.31. The predicted octanol–water partition coefficient (Wildman–Crippen LogP) is 6.29. The normalized spacial score (nSPS) is 21.6. The van der Waals surface area contributed by atoms with E-state index in [9.17, 15) is 14.9 Å². The van der Waals surface area contributed by atoms with Crippen LogP contribution in [0.25, 0.3) is 10.9 Å². The molecule has 2 aliphatic carbocycles. The third-order valence-corrected chi connectivity index (χ3v) is 8.64. The minimum atomic E-state index is -0.593. The lowest BCUT2D eigenvalue weighted by Gasteiger charge is -2.37. The summed E-state index contributed by atoms with van der Waals surface area (Å²) in [6.45, 7) is 1.89. The molecule has 2 heterocycles. The van der Waals surface area contributed by atoms with Gasteiger partial charge in [-0.2, -0.15) is 5.26 Å². The van der Waals surface area contributed by atoms with Crippen molar-refractivity contribution < 1.29 is 19.1 Å². The van der Waals surface area contributed by atoms with Crippen molar-refractivity contribution in [2.75, 3.05) is 7.11 Å². The molecule has 3 aliphatic rings. The maximum Gasteiger partial charge on any atom is 0.337 e. The van der Waals surface area contributed by atoms with E-state index >= 15 is 0 Å². The van der Waals surface area contributed by atoms with E-state index in [1.165, 1.54) is 0 Å². The van der Waals surface area contributed by atoms with Crippen molar-refractivity contribution in [1.82, 2.24) is 10.3 Å². The second-order valence-electron chi connectivity index (χ2n) is 11.0. The summed E-state index contributed by atoms with van der Waals surface area (Å²) in [6.07, 6.45) is 7.61. The third kappa shape index (κ3) is 4.48. The topological polar surface area (TPSA) is 104 Å². The number of ketones is 1. The van der Waals surface area contributed by atoms with E-state index in [2.05, 4.69) is 16.4 Å². The van der Waals surface area contributed by atoms with E-state index in [-0.39, 0.29) is 23.8 Å². The highest BCUT2D eigenvalue weighted by Crippen LogP contribution is 2.48. The average Bonchev–Trinajstić information content (AvgIpc) is 3.46. The number of ether oxygens (including phenoxy) is 2. The highest BCUT2D eigenvalue weighted by atomic mass is 16.5. The quantitative estimate of drug-likeness (QED) is 0.372. The molecule has 0 bridgehead atoms. The summed E-state index contributed by atoms with van der Waals surface area (Å²) >= 11 is 0. The van der Waals surface area contributed by atoms with Crippen molar-refractivity contribution in [3.8, 4) is 11.8 Å². The lowest BCUT2D eigenvalue weighted by atomic mass is 9.71. The fourth-order valence-corrected chi connectivity index (χ4v) is 6.77. The minimum absolute atomic E-state index is 0.00170. The maximum absolute atomic E-state index is 14.1. The summed E-state index contributed by atoms with van der Waals surface area (Å²) in [6, 6.07) is 15.6. The Kier molecular flexibility index (Phi) is 6.93. The van der Waals surface area contributed by atoms with Gasteiger partial charge in [0.1, 0.15) is 17.9 Å². The summed E-state index contributed by atoms with van der Waals surface area (Å²) in [5.74, 6) is -0.252. The first-order valence-electron chi connectivity index (χ1n) is 14.1. The van der Waals surface area contributed by atoms with Crippen LogP contribution >= 0.6 is 0 Å². The number of rotatable bonds is 5. The van der Waals surface area contributed by atoms with Crippen LogP contribution in [0.5, 0.6) is 5.75 Å². The molecule has 3 aromatic rings. The number of carbonyl (C=O) groups is 2. The van der Waals surface area contributed by atoms with Crippen LogP contribution in [0, 0.1) is 11.3 Å². The predicted molar refractivity (Wildman–Crippen MR) is 152 cm³/mol. The number of methoxy groups -OCH3 is 1. The number of aromatic nitrogens is 1. The highest BCUT2D eigenvalue weighted by Gasteiger charge is 2.43. The number of hydrogen-bond donors (Lipinski definition) is 2. The third-order valence-electron chi connectivity index (χ3n) is 8.64. The molecule has 1 unspecified atom stereocenters. The lowest BCUT2D eigenvalue weighted by Crippen LogP contribution is -2.37. The Morgan fingerprint density at radius 2 is 1.82 bits per heavy atom. The van der Waals surface area contributed by atoms with Gasteiger partial charge in [-0.25, -0.2) is 4.79 Å². The largest absolute Gasteiger partial charge is 0.496 e. The van der Waals surface area contributed by atoms with E-state index in [4.69, 9.17) is 9.47 Å². The number of H-pyrrole nitrogens is 1. The van der Waals surface area contributed by atoms with Gasteiger partial charge in [0.05, 0.1) is 23.8 Å². The molecule has 0 spiro atoms. The zero-order chi connectivity index (χ0) is 27.8. The lowest BCUT2D eigenvalue weighted by molar-refractivity contribution is -0.146. The second-order valence-corrected chi connectivity index (χ2v) is 11.0. The van der Waals surface area contributed by atoms with Crippen LogP contribution in [0.2, 0.25) is 0 Å². The number of nitriles is 1. The Morgan fingerprint density at radius 1 is 1.02 bits per heavy atom. The molecular weight excluding hydrogens is 502 g/mol. The monoisotopic (exact) mass is 535 g/mol. The molecule has 6 rings (SSSR count). The van der Waals surface area contributed by atoms with E-state index in [0.717, 1.165) is 60.1 Å². The second kappa shape index (κ2) is 10.7. The average molecular weight is 536 g/mol. The zero-order valence-electron chi connectivity index (χ0n) is 22.9. The van der Waals surface area contributed by atoms with E-state index in [1.807, 2.05) is 43.3 Å². The van der Waals surface area contributed by atoms with Crippen LogP contribution in [0.15, 0.2) is 71.2 Å². The van der Waals surface area contributed by atoms with E-state index in [0.29, 0.717) is 40.8 Å². The van der Waals surface area contributed by atoms with Gasteiger partial charge in [-0.05, 0) is 68.4 Å². The van der Waals surface area contributed by atoms with Crippen molar-refractivity contribution in [3.63, 3.8) is 0 Å². The summed E-state index contributed by atoms with van der Waals surface area (Å²) < 4.78 is 11.7. The van der Waals surface area contributed by atoms with Crippen LogP contribution in [-0.2, 0) is 14.3 Å². The molecule has 1 aliphatic heterocycles. The van der Waals surface area contributed by atoms with Gasteiger partial charge in [0.2, 0.25) is 0 Å². The fourth-order valence-electron chi connectivity index (χ4n) is 6.77. The molecule has 7 heteroatoms. The summed E-state index contributed by atoms with van der Waals surface area (Å²) in [5, 5.41) is 14.0. The molecular formula is C33H33N3O4. The number of esters is 1. The van der Waals surface area contributed by atoms with Gasteiger partial charge in [0.25, 0.3) is 0 Å². The number of carbonyl (C=O) groups excluding carboxylic acids is 2. The molecule has 0 amide bonds. The van der Waals surface area contributed by atoms with Crippen LogP contribution in [0.1, 0.15) is 80.4 Å². The summed E-state index contributed by atoms with van der Waals surface area (Å²) in [7, 11) is 1.65. The van der Waals surface area contributed by atoms with E-state index in [1.54, 1.807) is 19.4 Å². The molecule has 1 saturated carbocycles. The SMILES string of the molecule is COc1ccccc1C1CC(=O)C2=C(C1)NC(C)=C(C(=O)OC1CCCCC1)[C@H]2c1ccc(C#N)c2[nH]ccc12. The zero-order valence-corrected chi connectivity index (χ0v) is 22.9. The number of Topliss-reactive ketones (excluding diaryl/α,β-unsaturated/α-hetero) is 1. The molecule has 204 valence electrons. The number of fused-ring (bicyclic) bond motifs is 1. The van der Waals surface area contributed by atoms with Crippen molar-refractivity contribution >= 4 is 22.7 Å². The van der Waals surface area contributed by atoms with Gasteiger partial charge in [-0.1, -0.05) is 30.7 Å². The number of aromatic amines is 1. The highest BCUT2D eigenvalue weighted by molar-refractivity contribution is 6.06. The number of benzene rings is 2. The van der Waals surface area contributed by atoms with Crippen LogP contribution in [-0.4, -0.2) is 30.0 Å². The molecule has 2 N–H and O–H groups in total. The first-order valence-corrected chi connectivity index (χ1v) is 14.1. The molecule has 0 radical (unpaired) electrons. The van der Waals surface area contributed by atoms with Gasteiger partial charge in [-0.3, -0.25) is 4.79 Å². The Morgan fingerprint density at radius 3 is 2.60 bits per heavy atom. The van der Waals surface area contributed by atoms with Crippen LogP contribution in [0.3, 0.4) is 0 Å². The smallest absolute Gasteiger partial charge is 0.337 e. The van der Waals surface area contributed by atoms with E-state index < -0.39 is 5.92 Å². The molecule has 2 aromatic carbocycles.